The third kappa shape index (κ3) is 2.05. The first-order valence-electron chi connectivity index (χ1n) is 7.45. The van der Waals surface area contributed by atoms with Crippen molar-refractivity contribution in [2.24, 2.45) is 0 Å². The van der Waals surface area contributed by atoms with Crippen LogP contribution >= 0.6 is 11.6 Å². The van der Waals surface area contributed by atoms with Crippen molar-refractivity contribution in [3.05, 3.63) is 39.6 Å². The monoisotopic (exact) mass is 321 g/mol. The fourth-order valence-electron chi connectivity index (χ4n) is 3.67. The zero-order valence-electron chi connectivity index (χ0n) is 13.1. The highest BCUT2D eigenvalue weighted by atomic mass is 35.5. The standard InChI is InChI=1S/C17H20ClNO3/c1-10-8-12(18)9-11(2)13(10)14-15(20)17(19(3)16(14)21)4-6-22-7-5-17/h8-9,20H,4-7H2,1-3H3. The summed E-state index contributed by atoms with van der Waals surface area (Å²) in [5.74, 6) is 0.0461. The minimum absolute atomic E-state index is 0.132. The summed E-state index contributed by atoms with van der Waals surface area (Å²) in [6.07, 6.45) is 1.24. The van der Waals surface area contributed by atoms with Crippen LogP contribution in [0.2, 0.25) is 5.02 Å². The molecule has 118 valence electrons. The fourth-order valence-corrected chi connectivity index (χ4v) is 3.99. The maximum absolute atomic E-state index is 12.8. The van der Waals surface area contributed by atoms with Crippen LogP contribution in [-0.4, -0.2) is 41.7 Å². The number of halogens is 1. The van der Waals surface area contributed by atoms with Crippen molar-refractivity contribution >= 4 is 23.1 Å². The van der Waals surface area contributed by atoms with Gasteiger partial charge in [-0.2, -0.15) is 0 Å². The number of aliphatic hydroxyl groups is 1. The van der Waals surface area contributed by atoms with Gasteiger partial charge in [0.1, 0.15) is 11.3 Å². The van der Waals surface area contributed by atoms with Crippen LogP contribution in [0, 0.1) is 13.8 Å². The number of aliphatic hydroxyl groups excluding tert-OH is 1. The number of carbonyl (C=O) groups is 1. The Morgan fingerprint density at radius 1 is 1.23 bits per heavy atom. The van der Waals surface area contributed by atoms with Crippen molar-refractivity contribution < 1.29 is 14.6 Å². The van der Waals surface area contributed by atoms with E-state index in [9.17, 15) is 9.90 Å². The van der Waals surface area contributed by atoms with Gasteiger partial charge in [0.25, 0.3) is 5.91 Å². The van der Waals surface area contributed by atoms with Crippen LogP contribution < -0.4 is 0 Å². The number of aryl methyl sites for hydroxylation is 2. The first-order chi connectivity index (χ1) is 10.4. The molecule has 2 aliphatic rings. The molecule has 3 rings (SSSR count). The molecule has 1 spiro atoms. The van der Waals surface area contributed by atoms with Gasteiger partial charge in [-0.25, -0.2) is 0 Å². The van der Waals surface area contributed by atoms with E-state index in [1.807, 2.05) is 26.0 Å². The molecule has 4 nitrogen and oxygen atoms in total. The largest absolute Gasteiger partial charge is 0.509 e. The molecule has 1 N–H and O–H groups in total. The summed E-state index contributed by atoms with van der Waals surface area (Å²) >= 11 is 6.08. The van der Waals surface area contributed by atoms with Gasteiger partial charge >= 0.3 is 0 Å². The lowest BCUT2D eigenvalue weighted by molar-refractivity contribution is -0.129. The first-order valence-corrected chi connectivity index (χ1v) is 7.83. The second-order valence-electron chi connectivity index (χ2n) is 6.15. The third-order valence-corrected chi connectivity index (χ3v) is 5.12. The predicted octanol–water partition coefficient (Wildman–Crippen LogP) is 3.25. The summed E-state index contributed by atoms with van der Waals surface area (Å²) in [7, 11) is 1.76. The molecule has 1 aromatic rings. The second kappa shape index (κ2) is 5.28. The molecular weight excluding hydrogens is 302 g/mol. The molecule has 2 heterocycles. The maximum Gasteiger partial charge on any atom is 0.258 e. The van der Waals surface area contributed by atoms with E-state index in [-0.39, 0.29) is 11.7 Å². The Morgan fingerprint density at radius 2 is 1.77 bits per heavy atom. The Morgan fingerprint density at radius 3 is 2.32 bits per heavy atom. The van der Waals surface area contributed by atoms with E-state index >= 15 is 0 Å². The number of amides is 1. The smallest absolute Gasteiger partial charge is 0.258 e. The fraction of sp³-hybridized carbons (Fsp3) is 0.471. The molecule has 1 aromatic carbocycles. The average Bonchev–Trinajstić information content (AvgIpc) is 2.63. The van der Waals surface area contributed by atoms with Crippen LogP contribution in [-0.2, 0) is 9.53 Å². The van der Waals surface area contributed by atoms with Gasteiger partial charge in [0, 0.05) is 38.1 Å². The first kappa shape index (κ1) is 15.4. The van der Waals surface area contributed by atoms with Gasteiger partial charge in [-0.3, -0.25) is 4.79 Å². The molecule has 0 aliphatic carbocycles. The zero-order valence-corrected chi connectivity index (χ0v) is 13.8. The van der Waals surface area contributed by atoms with Crippen molar-refractivity contribution in [1.29, 1.82) is 0 Å². The van der Waals surface area contributed by atoms with Gasteiger partial charge in [0.2, 0.25) is 0 Å². The summed E-state index contributed by atoms with van der Waals surface area (Å²) in [6.45, 7) is 4.93. The van der Waals surface area contributed by atoms with E-state index in [2.05, 4.69) is 0 Å². The lowest BCUT2D eigenvalue weighted by Gasteiger charge is -2.39. The zero-order chi connectivity index (χ0) is 16.1. The minimum Gasteiger partial charge on any atom is -0.509 e. The van der Waals surface area contributed by atoms with E-state index in [1.165, 1.54) is 0 Å². The molecule has 1 amide bonds. The van der Waals surface area contributed by atoms with Crippen LogP contribution in [0.4, 0.5) is 0 Å². The van der Waals surface area contributed by atoms with E-state index in [0.29, 0.717) is 36.7 Å². The van der Waals surface area contributed by atoms with Crippen LogP contribution in [0.25, 0.3) is 5.57 Å². The molecular formula is C17H20ClNO3. The van der Waals surface area contributed by atoms with Crippen LogP contribution in [0.15, 0.2) is 17.9 Å². The van der Waals surface area contributed by atoms with Crippen molar-refractivity contribution in [1.82, 2.24) is 4.90 Å². The lowest BCUT2D eigenvalue weighted by atomic mass is 9.86. The Kier molecular flexibility index (Phi) is 3.69. The van der Waals surface area contributed by atoms with Crippen LogP contribution in [0.5, 0.6) is 0 Å². The highest BCUT2D eigenvalue weighted by Crippen LogP contribution is 2.45. The molecule has 22 heavy (non-hydrogen) atoms. The molecule has 1 fully saturated rings. The molecule has 2 aliphatic heterocycles. The second-order valence-corrected chi connectivity index (χ2v) is 6.58. The quantitative estimate of drug-likeness (QED) is 0.864. The van der Waals surface area contributed by atoms with Crippen molar-refractivity contribution in [3.8, 4) is 0 Å². The maximum atomic E-state index is 12.8. The Labute approximate surface area is 135 Å². The summed E-state index contributed by atoms with van der Waals surface area (Å²) in [6, 6.07) is 3.65. The van der Waals surface area contributed by atoms with E-state index in [4.69, 9.17) is 16.3 Å². The van der Waals surface area contributed by atoms with Gasteiger partial charge in [0.15, 0.2) is 0 Å². The van der Waals surface area contributed by atoms with Gasteiger partial charge in [-0.1, -0.05) is 11.6 Å². The number of nitrogens with zero attached hydrogens (tertiary/aromatic N) is 1. The number of ether oxygens (including phenoxy) is 1. The van der Waals surface area contributed by atoms with E-state index < -0.39 is 5.54 Å². The van der Waals surface area contributed by atoms with Gasteiger partial charge in [0.05, 0.1) is 5.57 Å². The highest BCUT2D eigenvalue weighted by molar-refractivity contribution is 6.31. The molecule has 0 radical (unpaired) electrons. The van der Waals surface area contributed by atoms with E-state index in [1.54, 1.807) is 11.9 Å². The SMILES string of the molecule is Cc1cc(Cl)cc(C)c1C1=C(O)C2(CCOCC2)N(C)C1=O. The molecule has 0 saturated carbocycles. The highest BCUT2D eigenvalue weighted by Gasteiger charge is 2.51. The Balaban J connectivity index is 2.20. The molecule has 0 unspecified atom stereocenters. The number of rotatable bonds is 1. The molecule has 0 bridgehead atoms. The molecule has 5 heteroatoms. The molecule has 0 atom stereocenters. The van der Waals surface area contributed by atoms with Gasteiger partial charge in [-0.15, -0.1) is 0 Å². The van der Waals surface area contributed by atoms with Crippen LogP contribution in [0.3, 0.4) is 0 Å². The topological polar surface area (TPSA) is 49.8 Å². The Hall–Kier alpha value is -1.52. The van der Waals surface area contributed by atoms with Crippen molar-refractivity contribution in [2.45, 2.75) is 32.2 Å². The summed E-state index contributed by atoms with van der Waals surface area (Å²) in [5.41, 5.74) is 2.39. The van der Waals surface area contributed by atoms with Gasteiger partial charge < -0.3 is 14.7 Å². The summed E-state index contributed by atoms with van der Waals surface area (Å²) in [5, 5.41) is 11.5. The number of hydrogen-bond acceptors (Lipinski definition) is 3. The normalized spacial score (nSPS) is 21.1. The van der Waals surface area contributed by atoms with Crippen molar-refractivity contribution in [3.63, 3.8) is 0 Å². The summed E-state index contributed by atoms with van der Waals surface area (Å²) in [4.78, 5) is 14.5. The van der Waals surface area contributed by atoms with Crippen LogP contribution in [0.1, 0.15) is 29.5 Å². The Bertz CT molecular complexity index is 651. The molecule has 0 aromatic heterocycles. The third-order valence-electron chi connectivity index (χ3n) is 4.91. The minimum atomic E-state index is -0.622. The number of likely N-dealkylation sites (N-methyl/N-ethyl adjacent to an activating group) is 1. The van der Waals surface area contributed by atoms with Crippen molar-refractivity contribution in [2.75, 3.05) is 20.3 Å². The van der Waals surface area contributed by atoms with E-state index in [0.717, 1.165) is 16.7 Å². The number of benzene rings is 1. The average molecular weight is 322 g/mol. The summed E-state index contributed by atoms with van der Waals surface area (Å²) < 4.78 is 5.40. The van der Waals surface area contributed by atoms with Gasteiger partial charge in [-0.05, 0) is 42.7 Å². The number of hydrogen-bond donors (Lipinski definition) is 1. The lowest BCUT2D eigenvalue weighted by Crippen LogP contribution is -2.49. The molecule has 1 saturated heterocycles. The predicted molar refractivity (Wildman–Crippen MR) is 86.0 cm³/mol. The number of carbonyl (C=O) groups excluding carboxylic acids is 1.